The Labute approximate surface area is 213 Å². The number of morpholine rings is 1. The Hall–Kier alpha value is -3.07. The molecule has 1 N–H and O–H groups in total. The first-order chi connectivity index (χ1) is 17.2. The normalized spacial score (nSPS) is 15.8. The molecule has 1 aromatic carbocycles. The van der Waals surface area contributed by atoms with Gasteiger partial charge in [-0.1, -0.05) is 63.2 Å². The Morgan fingerprint density at radius 2 is 1.81 bits per heavy atom. The second-order valence-electron chi connectivity index (χ2n) is 10.1. The second kappa shape index (κ2) is 12.8. The van der Waals surface area contributed by atoms with Crippen LogP contribution in [0.5, 0.6) is 0 Å². The Balaban J connectivity index is 1.75. The number of nitrogens with zero attached hydrogens (tertiary/aromatic N) is 3. The minimum absolute atomic E-state index is 0.0376. The lowest BCUT2D eigenvalue weighted by atomic mass is 9.76. The molecule has 36 heavy (non-hydrogen) atoms. The lowest BCUT2D eigenvalue weighted by Crippen LogP contribution is -2.47. The molecule has 2 aromatic rings. The van der Waals surface area contributed by atoms with E-state index >= 15 is 0 Å². The van der Waals surface area contributed by atoms with E-state index in [9.17, 15) is 14.4 Å². The van der Waals surface area contributed by atoms with Gasteiger partial charge >= 0.3 is 0 Å². The van der Waals surface area contributed by atoms with Crippen LogP contribution in [0.1, 0.15) is 69.0 Å². The number of amides is 2. The lowest BCUT2D eigenvalue weighted by Gasteiger charge is -2.32. The molecule has 1 aliphatic rings. The quantitative estimate of drug-likeness (QED) is 0.447. The molecule has 0 unspecified atom stereocenters. The SMILES string of the molecule is CCc1nc(C(=O)[C@@H](CC)NC(=O)[C@H](CC(=O)N2CCOCC2)CC(C)(C)Cc2ccccc2)no1. The molecule has 1 fully saturated rings. The molecule has 0 saturated carbocycles. The zero-order valence-corrected chi connectivity index (χ0v) is 21.8. The predicted octanol–water partition coefficient (Wildman–Crippen LogP) is 3.23. The summed E-state index contributed by atoms with van der Waals surface area (Å²) in [5.41, 5.74) is 0.927. The van der Waals surface area contributed by atoms with Crippen molar-refractivity contribution in [2.75, 3.05) is 26.3 Å². The van der Waals surface area contributed by atoms with Gasteiger partial charge in [0.15, 0.2) is 0 Å². The maximum atomic E-state index is 13.5. The molecule has 1 aliphatic heterocycles. The fourth-order valence-corrected chi connectivity index (χ4v) is 4.59. The molecule has 2 atom stereocenters. The van der Waals surface area contributed by atoms with Crippen LogP contribution in [0.25, 0.3) is 0 Å². The molecular weight excluding hydrogens is 460 g/mol. The maximum absolute atomic E-state index is 13.5. The van der Waals surface area contributed by atoms with Crippen molar-refractivity contribution in [3.63, 3.8) is 0 Å². The first-order valence-corrected chi connectivity index (χ1v) is 12.8. The average molecular weight is 499 g/mol. The van der Waals surface area contributed by atoms with Gasteiger partial charge < -0.3 is 19.5 Å². The van der Waals surface area contributed by atoms with E-state index in [1.165, 1.54) is 5.56 Å². The van der Waals surface area contributed by atoms with Crippen molar-refractivity contribution in [2.24, 2.45) is 11.3 Å². The average Bonchev–Trinajstić information content (AvgIpc) is 3.36. The molecule has 9 heteroatoms. The van der Waals surface area contributed by atoms with Crippen LogP contribution in [-0.2, 0) is 27.2 Å². The summed E-state index contributed by atoms with van der Waals surface area (Å²) in [7, 11) is 0. The summed E-state index contributed by atoms with van der Waals surface area (Å²) in [6.07, 6.45) is 2.24. The topological polar surface area (TPSA) is 115 Å². The third kappa shape index (κ3) is 7.71. The van der Waals surface area contributed by atoms with Crippen LogP contribution in [0.2, 0.25) is 0 Å². The molecule has 3 rings (SSSR count). The lowest BCUT2D eigenvalue weighted by molar-refractivity contribution is -0.140. The number of ketones is 1. The summed E-state index contributed by atoms with van der Waals surface area (Å²) in [5, 5.41) is 6.65. The van der Waals surface area contributed by atoms with Gasteiger partial charge in [-0.15, -0.1) is 0 Å². The Morgan fingerprint density at radius 3 is 2.42 bits per heavy atom. The number of benzene rings is 1. The van der Waals surface area contributed by atoms with E-state index in [1.54, 1.807) is 4.90 Å². The Bertz CT molecular complexity index is 1010. The van der Waals surface area contributed by atoms with Crippen molar-refractivity contribution >= 4 is 17.6 Å². The number of rotatable bonds is 12. The second-order valence-corrected chi connectivity index (χ2v) is 10.1. The van der Waals surface area contributed by atoms with E-state index in [-0.39, 0.29) is 29.5 Å². The van der Waals surface area contributed by atoms with Crippen LogP contribution >= 0.6 is 0 Å². The van der Waals surface area contributed by atoms with Gasteiger partial charge in [-0.3, -0.25) is 14.4 Å². The van der Waals surface area contributed by atoms with Crippen molar-refractivity contribution in [3.8, 4) is 0 Å². The van der Waals surface area contributed by atoms with E-state index < -0.39 is 17.7 Å². The first-order valence-electron chi connectivity index (χ1n) is 12.8. The van der Waals surface area contributed by atoms with Crippen LogP contribution in [-0.4, -0.2) is 65.0 Å². The van der Waals surface area contributed by atoms with Gasteiger partial charge in [0.1, 0.15) is 0 Å². The van der Waals surface area contributed by atoms with Crippen LogP contribution in [0.15, 0.2) is 34.9 Å². The molecule has 196 valence electrons. The predicted molar refractivity (Wildman–Crippen MR) is 134 cm³/mol. The van der Waals surface area contributed by atoms with Gasteiger partial charge in [0.25, 0.3) is 0 Å². The highest BCUT2D eigenvalue weighted by Gasteiger charge is 2.34. The molecule has 1 aromatic heterocycles. The van der Waals surface area contributed by atoms with Crippen LogP contribution in [0.3, 0.4) is 0 Å². The number of aryl methyl sites for hydroxylation is 1. The number of carbonyl (C=O) groups is 3. The smallest absolute Gasteiger partial charge is 0.240 e. The van der Waals surface area contributed by atoms with E-state index in [0.29, 0.717) is 51.5 Å². The fraction of sp³-hybridized carbons (Fsp3) is 0.593. The van der Waals surface area contributed by atoms with Crippen LogP contribution < -0.4 is 5.32 Å². The zero-order chi connectivity index (χ0) is 26.1. The first kappa shape index (κ1) is 27.5. The third-order valence-electron chi connectivity index (χ3n) is 6.51. The Morgan fingerprint density at radius 1 is 1.11 bits per heavy atom. The van der Waals surface area contributed by atoms with E-state index in [0.717, 1.165) is 6.42 Å². The van der Waals surface area contributed by atoms with Gasteiger partial charge in [-0.2, -0.15) is 4.98 Å². The van der Waals surface area contributed by atoms with Crippen LogP contribution in [0.4, 0.5) is 0 Å². The van der Waals surface area contributed by atoms with Gasteiger partial charge in [0.2, 0.25) is 29.3 Å². The summed E-state index contributed by atoms with van der Waals surface area (Å²) in [6, 6.07) is 9.31. The molecule has 0 radical (unpaired) electrons. The van der Waals surface area contributed by atoms with Gasteiger partial charge in [0.05, 0.1) is 19.3 Å². The molecule has 2 amide bonds. The molecular formula is C27H38N4O5. The number of Topliss-reactive ketones (excluding diaryl/α,β-unsaturated/α-hetero) is 1. The van der Waals surface area contributed by atoms with Crippen molar-refractivity contribution < 1.29 is 23.6 Å². The molecule has 9 nitrogen and oxygen atoms in total. The number of nitrogens with one attached hydrogen (secondary N) is 1. The third-order valence-corrected chi connectivity index (χ3v) is 6.51. The van der Waals surface area contributed by atoms with Crippen molar-refractivity contribution in [1.82, 2.24) is 20.4 Å². The molecule has 1 saturated heterocycles. The zero-order valence-electron chi connectivity index (χ0n) is 21.8. The van der Waals surface area contributed by atoms with E-state index in [1.807, 2.05) is 32.0 Å². The highest BCUT2D eigenvalue weighted by Crippen LogP contribution is 2.32. The molecule has 0 spiro atoms. The summed E-state index contributed by atoms with van der Waals surface area (Å²) in [5.74, 6) is -1.02. The summed E-state index contributed by atoms with van der Waals surface area (Å²) >= 11 is 0. The molecule has 0 bridgehead atoms. The Kier molecular flexibility index (Phi) is 9.75. The summed E-state index contributed by atoms with van der Waals surface area (Å²) in [6.45, 7) is 9.92. The number of hydrogen-bond acceptors (Lipinski definition) is 7. The van der Waals surface area contributed by atoms with Crippen LogP contribution in [0, 0.1) is 11.3 Å². The monoisotopic (exact) mass is 498 g/mol. The molecule has 0 aliphatic carbocycles. The van der Waals surface area contributed by atoms with Crippen molar-refractivity contribution in [3.05, 3.63) is 47.6 Å². The minimum atomic E-state index is -0.793. The number of hydrogen-bond donors (Lipinski definition) is 1. The summed E-state index contributed by atoms with van der Waals surface area (Å²) < 4.78 is 10.4. The van der Waals surface area contributed by atoms with E-state index in [2.05, 4.69) is 41.4 Å². The minimum Gasteiger partial charge on any atom is -0.378 e. The van der Waals surface area contributed by atoms with Gasteiger partial charge in [0, 0.05) is 31.8 Å². The maximum Gasteiger partial charge on any atom is 0.240 e. The van der Waals surface area contributed by atoms with E-state index in [4.69, 9.17) is 9.26 Å². The van der Waals surface area contributed by atoms with Crippen molar-refractivity contribution in [2.45, 2.75) is 65.8 Å². The van der Waals surface area contributed by atoms with Crippen molar-refractivity contribution in [1.29, 1.82) is 0 Å². The fourth-order valence-electron chi connectivity index (χ4n) is 4.59. The highest BCUT2D eigenvalue weighted by molar-refractivity contribution is 5.99. The number of aromatic nitrogens is 2. The van der Waals surface area contributed by atoms with Gasteiger partial charge in [-0.25, -0.2) is 0 Å². The molecule has 2 heterocycles. The number of ether oxygens (including phenoxy) is 1. The highest BCUT2D eigenvalue weighted by atomic mass is 16.5. The standard InChI is InChI=1S/C27H38N4O5/c1-5-21(24(33)25-29-22(6-2)36-30-25)28-26(34)20(16-23(32)31-12-14-35-15-13-31)18-27(3,4)17-19-10-8-7-9-11-19/h7-11,20-21H,5-6,12-18H2,1-4H3,(H,28,34)/t20-,21-/m1/s1. The number of carbonyl (C=O) groups excluding carboxylic acids is 3. The largest absolute Gasteiger partial charge is 0.378 e. The summed E-state index contributed by atoms with van der Waals surface area (Å²) in [4.78, 5) is 45.5. The van der Waals surface area contributed by atoms with Gasteiger partial charge in [-0.05, 0) is 30.2 Å².